The van der Waals surface area contributed by atoms with Gasteiger partial charge < -0.3 is 13.4 Å². The van der Waals surface area contributed by atoms with Crippen LogP contribution in [0.3, 0.4) is 0 Å². The molecule has 0 fully saturated rings. The summed E-state index contributed by atoms with van der Waals surface area (Å²) in [6.07, 6.45) is 0. The van der Waals surface area contributed by atoms with E-state index in [2.05, 4.69) is 34.9 Å². The van der Waals surface area contributed by atoms with Crippen molar-refractivity contribution in [1.82, 2.24) is 9.55 Å². The number of benzene rings is 4. The van der Waals surface area contributed by atoms with Crippen LogP contribution >= 0.6 is 0 Å². The van der Waals surface area contributed by atoms with Crippen molar-refractivity contribution in [3.05, 3.63) is 78.9 Å². The minimum Gasteiger partial charge on any atom is -0.456 e. The molecule has 142 valence electrons. The summed E-state index contributed by atoms with van der Waals surface area (Å²) in [5.74, 6) is 0.897. The number of aromatic nitrogens is 2. The molecule has 7 rings (SSSR count). The lowest BCUT2D eigenvalue weighted by molar-refractivity contribution is 0.663. The molecular formula is C26H16N2O2. The van der Waals surface area contributed by atoms with Crippen LogP contribution in [0.4, 0.5) is 0 Å². The van der Waals surface area contributed by atoms with Gasteiger partial charge in [-0.3, -0.25) is 0 Å². The summed E-state index contributed by atoms with van der Waals surface area (Å²) in [5, 5.41) is 4.37. The van der Waals surface area contributed by atoms with Crippen molar-refractivity contribution < 1.29 is 8.83 Å². The third-order valence-corrected chi connectivity index (χ3v) is 6.03. The Bertz CT molecular complexity index is 1760. The van der Waals surface area contributed by atoms with Gasteiger partial charge in [0.1, 0.15) is 28.2 Å². The summed E-state index contributed by atoms with van der Waals surface area (Å²) < 4.78 is 14.6. The van der Waals surface area contributed by atoms with E-state index in [0.29, 0.717) is 0 Å². The smallest absolute Gasteiger partial charge is 0.146 e. The zero-order valence-electron chi connectivity index (χ0n) is 16.2. The molecule has 0 aliphatic heterocycles. The summed E-state index contributed by atoms with van der Waals surface area (Å²) in [5.41, 5.74) is 6.54. The predicted molar refractivity (Wildman–Crippen MR) is 121 cm³/mol. The van der Waals surface area contributed by atoms with Crippen molar-refractivity contribution in [2.75, 3.05) is 0 Å². The van der Waals surface area contributed by atoms with Gasteiger partial charge in [0.25, 0.3) is 0 Å². The van der Waals surface area contributed by atoms with Crippen LogP contribution in [0.5, 0.6) is 0 Å². The van der Waals surface area contributed by atoms with Gasteiger partial charge in [-0.15, -0.1) is 0 Å². The molecule has 0 unspecified atom stereocenters. The zero-order chi connectivity index (χ0) is 19.8. The van der Waals surface area contributed by atoms with Crippen molar-refractivity contribution in [3.8, 4) is 11.4 Å². The van der Waals surface area contributed by atoms with E-state index in [-0.39, 0.29) is 0 Å². The first-order valence-corrected chi connectivity index (χ1v) is 9.97. The van der Waals surface area contributed by atoms with Gasteiger partial charge in [-0.2, -0.15) is 0 Å². The first-order valence-electron chi connectivity index (χ1n) is 9.97. The van der Waals surface area contributed by atoms with Gasteiger partial charge in [-0.05, 0) is 36.4 Å². The Hall–Kier alpha value is -4.05. The molecule has 0 aliphatic carbocycles. The van der Waals surface area contributed by atoms with Crippen LogP contribution in [0.25, 0.3) is 66.3 Å². The van der Waals surface area contributed by atoms with Crippen LogP contribution < -0.4 is 0 Å². The maximum Gasteiger partial charge on any atom is 0.146 e. The van der Waals surface area contributed by atoms with Crippen LogP contribution in [0.15, 0.2) is 87.7 Å². The van der Waals surface area contributed by atoms with Gasteiger partial charge in [0, 0.05) is 28.6 Å². The van der Waals surface area contributed by atoms with E-state index in [9.17, 15) is 0 Å². The van der Waals surface area contributed by atoms with Crippen LogP contribution in [0.1, 0.15) is 0 Å². The van der Waals surface area contributed by atoms with Gasteiger partial charge in [0.15, 0.2) is 0 Å². The fourth-order valence-corrected chi connectivity index (χ4v) is 4.67. The molecule has 0 atom stereocenters. The van der Waals surface area contributed by atoms with Crippen LogP contribution in [0, 0.1) is 0 Å². The molecular weight excluding hydrogens is 372 g/mol. The SMILES string of the molecule is Cn1c(-c2cccc3c2oc2ccc4oc5ccccc5c4c23)nc2ccccc21. The number of rotatable bonds is 1. The average molecular weight is 388 g/mol. The minimum absolute atomic E-state index is 0.851. The number of imidazole rings is 1. The van der Waals surface area contributed by atoms with Crippen LogP contribution in [-0.4, -0.2) is 9.55 Å². The van der Waals surface area contributed by atoms with Gasteiger partial charge in [0.2, 0.25) is 0 Å². The third kappa shape index (κ3) is 1.93. The second kappa shape index (κ2) is 5.51. The molecule has 0 N–H and O–H groups in total. The maximum absolute atomic E-state index is 6.42. The van der Waals surface area contributed by atoms with Crippen molar-refractivity contribution in [3.63, 3.8) is 0 Å². The van der Waals surface area contributed by atoms with E-state index < -0.39 is 0 Å². The fourth-order valence-electron chi connectivity index (χ4n) is 4.67. The number of aryl methyl sites for hydroxylation is 1. The van der Waals surface area contributed by atoms with Gasteiger partial charge in [-0.25, -0.2) is 4.98 Å². The van der Waals surface area contributed by atoms with E-state index in [0.717, 1.165) is 66.3 Å². The second-order valence-electron chi connectivity index (χ2n) is 7.68. The Kier molecular flexibility index (Phi) is 2.91. The molecule has 0 amide bonds. The van der Waals surface area contributed by atoms with Crippen molar-refractivity contribution >= 4 is 54.9 Å². The molecule has 0 radical (unpaired) electrons. The standard InChI is InChI=1S/C26H16N2O2/c1-28-19-11-4-3-10-18(19)27-26(28)17-9-6-8-16-24-22(30-25(16)17)14-13-21-23(24)15-7-2-5-12-20(15)29-21/h2-14H,1H3. The highest BCUT2D eigenvalue weighted by Crippen LogP contribution is 2.42. The van der Waals surface area contributed by atoms with Gasteiger partial charge in [0.05, 0.1) is 16.6 Å². The Morgan fingerprint density at radius 2 is 1.40 bits per heavy atom. The third-order valence-electron chi connectivity index (χ3n) is 6.03. The highest BCUT2D eigenvalue weighted by Gasteiger charge is 2.20. The molecule has 3 aromatic heterocycles. The van der Waals surface area contributed by atoms with Crippen LogP contribution in [-0.2, 0) is 7.05 Å². The Labute approximate surface area is 170 Å². The Morgan fingerprint density at radius 3 is 2.30 bits per heavy atom. The quantitative estimate of drug-likeness (QED) is 0.303. The lowest BCUT2D eigenvalue weighted by Crippen LogP contribution is -1.92. The maximum atomic E-state index is 6.42. The normalized spacial score (nSPS) is 12.2. The molecule has 0 bridgehead atoms. The second-order valence-corrected chi connectivity index (χ2v) is 7.68. The molecule has 30 heavy (non-hydrogen) atoms. The number of fused-ring (bicyclic) bond motifs is 8. The summed E-state index contributed by atoms with van der Waals surface area (Å²) in [4.78, 5) is 4.89. The summed E-state index contributed by atoms with van der Waals surface area (Å²) in [7, 11) is 2.05. The van der Waals surface area contributed by atoms with E-state index in [1.165, 1.54) is 0 Å². The van der Waals surface area contributed by atoms with E-state index in [1.54, 1.807) is 0 Å². The van der Waals surface area contributed by atoms with Crippen LogP contribution in [0.2, 0.25) is 0 Å². The molecule has 7 aromatic rings. The van der Waals surface area contributed by atoms with E-state index in [4.69, 9.17) is 13.8 Å². The summed E-state index contributed by atoms with van der Waals surface area (Å²) in [6, 6.07) is 26.6. The topological polar surface area (TPSA) is 44.1 Å². The van der Waals surface area contributed by atoms with E-state index in [1.807, 2.05) is 55.6 Å². The molecule has 0 aliphatic rings. The van der Waals surface area contributed by atoms with E-state index >= 15 is 0 Å². The first kappa shape index (κ1) is 15.8. The molecule has 4 aromatic carbocycles. The number of hydrogen-bond acceptors (Lipinski definition) is 3. The molecule has 4 nitrogen and oxygen atoms in total. The number of para-hydroxylation sites is 4. The molecule has 4 heteroatoms. The Balaban J connectivity index is 1.64. The highest BCUT2D eigenvalue weighted by molar-refractivity contribution is 6.26. The highest BCUT2D eigenvalue weighted by atomic mass is 16.3. The summed E-state index contributed by atoms with van der Waals surface area (Å²) >= 11 is 0. The first-order chi connectivity index (χ1) is 14.8. The fraction of sp³-hybridized carbons (Fsp3) is 0.0385. The van der Waals surface area contributed by atoms with Crippen molar-refractivity contribution in [1.29, 1.82) is 0 Å². The van der Waals surface area contributed by atoms with Crippen molar-refractivity contribution in [2.45, 2.75) is 0 Å². The Morgan fingerprint density at radius 1 is 0.667 bits per heavy atom. The number of hydrogen-bond donors (Lipinski definition) is 0. The predicted octanol–water partition coefficient (Wildman–Crippen LogP) is 7.04. The molecule has 0 saturated heterocycles. The summed E-state index contributed by atoms with van der Waals surface area (Å²) in [6.45, 7) is 0. The largest absolute Gasteiger partial charge is 0.456 e. The van der Waals surface area contributed by atoms with Crippen molar-refractivity contribution in [2.24, 2.45) is 7.05 Å². The lowest BCUT2D eigenvalue weighted by atomic mass is 10.0. The van der Waals surface area contributed by atoms with Gasteiger partial charge in [-0.1, -0.05) is 42.5 Å². The molecule has 0 spiro atoms. The number of nitrogens with zero attached hydrogens (tertiary/aromatic N) is 2. The average Bonchev–Trinajstić information content (AvgIpc) is 3.44. The lowest BCUT2D eigenvalue weighted by Gasteiger charge is -2.03. The molecule has 0 saturated carbocycles. The monoisotopic (exact) mass is 388 g/mol. The number of furan rings is 2. The minimum atomic E-state index is 0.851. The van der Waals surface area contributed by atoms with Gasteiger partial charge >= 0.3 is 0 Å². The zero-order valence-corrected chi connectivity index (χ0v) is 16.2. The molecule has 3 heterocycles.